The van der Waals surface area contributed by atoms with E-state index in [2.05, 4.69) is 20.2 Å². The van der Waals surface area contributed by atoms with Crippen LogP contribution in [0.5, 0.6) is 0 Å². The first-order valence-corrected chi connectivity index (χ1v) is 9.65. The number of aliphatic imine (C=N–C) groups is 1. The molecule has 0 atom stereocenters. The van der Waals surface area contributed by atoms with Crippen LogP contribution in [0.15, 0.2) is 40.2 Å². The van der Waals surface area contributed by atoms with Crippen molar-refractivity contribution in [3.05, 3.63) is 52.1 Å². The van der Waals surface area contributed by atoms with Gasteiger partial charge in [-0.2, -0.15) is 19.7 Å². The largest absolute Gasteiger partial charge is 0.366 e. The molecule has 0 aliphatic rings. The van der Waals surface area contributed by atoms with Crippen molar-refractivity contribution in [3.63, 3.8) is 0 Å². The molecule has 0 radical (unpaired) electrons. The van der Waals surface area contributed by atoms with Crippen molar-refractivity contribution >= 4 is 28.3 Å². The van der Waals surface area contributed by atoms with Crippen molar-refractivity contribution in [1.29, 1.82) is 0 Å². The number of rotatable bonds is 3. The van der Waals surface area contributed by atoms with Gasteiger partial charge in [0.25, 0.3) is 11.5 Å². The Morgan fingerprint density at radius 2 is 2.03 bits per heavy atom. The highest BCUT2D eigenvalue weighted by molar-refractivity contribution is 6.07. The van der Waals surface area contributed by atoms with Gasteiger partial charge >= 0.3 is 0 Å². The summed E-state index contributed by atoms with van der Waals surface area (Å²) in [6.07, 6.45) is 1.80. The van der Waals surface area contributed by atoms with Crippen LogP contribution in [0.3, 0.4) is 0 Å². The van der Waals surface area contributed by atoms with Crippen molar-refractivity contribution in [2.75, 3.05) is 14.1 Å². The Labute approximate surface area is 172 Å². The molecule has 154 valence electrons. The minimum atomic E-state index is -0.443. The lowest BCUT2D eigenvalue weighted by Crippen LogP contribution is -2.20. The summed E-state index contributed by atoms with van der Waals surface area (Å²) < 4.78 is 3.12. The molecule has 1 amide bonds. The Bertz CT molecular complexity index is 1370. The second-order valence-corrected chi connectivity index (χ2v) is 7.33. The molecule has 9 nitrogen and oxygen atoms in total. The molecule has 0 saturated heterocycles. The van der Waals surface area contributed by atoms with E-state index in [4.69, 9.17) is 0 Å². The van der Waals surface area contributed by atoms with Crippen molar-refractivity contribution in [1.82, 2.24) is 29.3 Å². The summed E-state index contributed by atoms with van der Waals surface area (Å²) in [5, 5.41) is 9.58. The molecule has 0 unspecified atom stereocenters. The third-order valence-electron chi connectivity index (χ3n) is 5.17. The molecule has 0 saturated carbocycles. The van der Waals surface area contributed by atoms with Gasteiger partial charge in [0.05, 0.1) is 23.1 Å². The van der Waals surface area contributed by atoms with Gasteiger partial charge in [-0.05, 0) is 38.5 Å². The van der Waals surface area contributed by atoms with Crippen LogP contribution in [0, 0.1) is 6.92 Å². The number of aromatic nitrogens is 5. The second-order valence-electron chi connectivity index (χ2n) is 7.33. The molecule has 3 heterocycles. The highest BCUT2D eigenvalue weighted by Gasteiger charge is 2.20. The highest BCUT2D eigenvalue weighted by atomic mass is 16.1. The van der Waals surface area contributed by atoms with E-state index >= 15 is 0 Å². The quantitative estimate of drug-likeness (QED) is 0.417. The second kappa shape index (κ2) is 7.25. The number of aromatic amines is 1. The smallest absolute Gasteiger partial charge is 0.284 e. The molecule has 4 rings (SSSR count). The van der Waals surface area contributed by atoms with Crippen molar-refractivity contribution in [3.8, 4) is 11.3 Å². The number of H-pyrrole nitrogens is 1. The van der Waals surface area contributed by atoms with Crippen LogP contribution in [0.1, 0.15) is 29.9 Å². The average molecular weight is 405 g/mol. The zero-order valence-electron chi connectivity index (χ0n) is 17.6. The molecule has 9 heteroatoms. The van der Waals surface area contributed by atoms with E-state index in [1.807, 2.05) is 43.9 Å². The van der Waals surface area contributed by atoms with Crippen molar-refractivity contribution in [2.45, 2.75) is 27.3 Å². The summed E-state index contributed by atoms with van der Waals surface area (Å²) in [4.78, 5) is 34.6. The number of carbonyl (C=O) groups is 1. The number of benzene rings is 1. The first-order valence-electron chi connectivity index (χ1n) is 9.65. The topological polar surface area (TPSA) is 101 Å². The van der Waals surface area contributed by atoms with Crippen LogP contribution in [0.25, 0.3) is 27.8 Å². The Morgan fingerprint density at radius 3 is 2.73 bits per heavy atom. The van der Waals surface area contributed by atoms with Gasteiger partial charge in [0, 0.05) is 32.1 Å². The molecule has 4 aromatic rings. The zero-order valence-corrected chi connectivity index (χ0v) is 17.6. The molecule has 1 N–H and O–H groups in total. The van der Waals surface area contributed by atoms with E-state index in [0.29, 0.717) is 22.9 Å². The van der Waals surface area contributed by atoms with Crippen LogP contribution in [0.2, 0.25) is 0 Å². The standard InChI is InChI=1S/C21H23N7O2/c1-6-27-17-8-7-14(9-15(17)11-22-27)16-10-18(29)28-20(24-16)19(12(2)25-28)21(30)23-13(3)26(4)5/h7-11,24H,6H2,1-5H3/b23-13+. The predicted molar refractivity (Wildman–Crippen MR) is 116 cm³/mol. The first kappa shape index (κ1) is 19.6. The predicted octanol–water partition coefficient (Wildman–Crippen LogP) is 2.49. The summed E-state index contributed by atoms with van der Waals surface area (Å²) in [7, 11) is 3.62. The molecule has 1 aromatic carbocycles. The molecule has 0 spiro atoms. The number of fused-ring (bicyclic) bond motifs is 2. The fraction of sp³-hybridized carbons (Fsp3) is 0.286. The van der Waals surface area contributed by atoms with Crippen molar-refractivity contribution < 1.29 is 4.79 Å². The molecule has 0 bridgehead atoms. The number of hydrogen-bond donors (Lipinski definition) is 1. The lowest BCUT2D eigenvalue weighted by atomic mass is 10.1. The van der Waals surface area contributed by atoms with Crippen molar-refractivity contribution in [2.24, 2.45) is 4.99 Å². The van der Waals surface area contributed by atoms with E-state index < -0.39 is 5.91 Å². The van der Waals surface area contributed by atoms with Crippen LogP contribution < -0.4 is 5.56 Å². The molecule has 30 heavy (non-hydrogen) atoms. The van der Waals surface area contributed by atoms with Crippen LogP contribution in [-0.2, 0) is 6.54 Å². The maximum Gasteiger partial charge on any atom is 0.284 e. The lowest BCUT2D eigenvalue weighted by Gasteiger charge is -2.10. The van der Waals surface area contributed by atoms with Gasteiger partial charge in [0.2, 0.25) is 0 Å². The van der Waals surface area contributed by atoms with Crippen LogP contribution in [-0.4, -0.2) is 55.1 Å². The Kier molecular flexibility index (Phi) is 4.73. The van der Waals surface area contributed by atoms with Gasteiger partial charge in [-0.25, -0.2) is 0 Å². The monoisotopic (exact) mass is 405 g/mol. The zero-order chi connectivity index (χ0) is 21.6. The van der Waals surface area contributed by atoms with E-state index in [0.717, 1.165) is 23.0 Å². The summed E-state index contributed by atoms with van der Waals surface area (Å²) in [6, 6.07) is 7.35. The van der Waals surface area contributed by atoms with Crippen LogP contribution in [0.4, 0.5) is 0 Å². The number of amidine groups is 1. The molecule has 3 aromatic heterocycles. The van der Waals surface area contributed by atoms with Crippen LogP contribution >= 0.6 is 0 Å². The van der Waals surface area contributed by atoms with Gasteiger partial charge in [0.1, 0.15) is 11.4 Å². The molecule has 0 fully saturated rings. The normalized spacial score (nSPS) is 12.1. The van der Waals surface area contributed by atoms with Gasteiger partial charge in [-0.1, -0.05) is 6.07 Å². The molecular weight excluding hydrogens is 382 g/mol. The minimum absolute atomic E-state index is 0.287. The third-order valence-corrected chi connectivity index (χ3v) is 5.17. The van der Waals surface area contributed by atoms with Gasteiger partial charge in [-0.15, -0.1) is 0 Å². The fourth-order valence-corrected chi connectivity index (χ4v) is 3.37. The molecular formula is C21H23N7O2. The highest BCUT2D eigenvalue weighted by Crippen LogP contribution is 2.24. The number of nitrogens with zero attached hydrogens (tertiary/aromatic N) is 6. The average Bonchev–Trinajstić information content (AvgIpc) is 3.27. The molecule has 0 aliphatic heterocycles. The number of nitrogens with one attached hydrogen (secondary N) is 1. The van der Waals surface area contributed by atoms with Gasteiger partial charge in [-0.3, -0.25) is 14.3 Å². The maximum atomic E-state index is 12.8. The van der Waals surface area contributed by atoms with Gasteiger partial charge in [0.15, 0.2) is 5.65 Å². The van der Waals surface area contributed by atoms with Gasteiger partial charge < -0.3 is 9.88 Å². The summed E-state index contributed by atoms with van der Waals surface area (Å²) >= 11 is 0. The number of hydrogen-bond acceptors (Lipinski definition) is 4. The van der Waals surface area contributed by atoms with E-state index in [1.54, 1.807) is 24.9 Å². The fourth-order valence-electron chi connectivity index (χ4n) is 3.37. The number of amides is 1. The minimum Gasteiger partial charge on any atom is -0.366 e. The summed E-state index contributed by atoms with van der Waals surface area (Å²) in [5.41, 5.74) is 3.19. The Hall–Kier alpha value is -3.75. The number of carbonyl (C=O) groups excluding carboxylic acids is 1. The first-order chi connectivity index (χ1) is 14.3. The maximum absolute atomic E-state index is 12.8. The summed E-state index contributed by atoms with van der Waals surface area (Å²) in [5.74, 6) is 0.122. The SMILES string of the molecule is CCn1ncc2cc(-c3cc(=O)n4nc(C)c(C(=O)/N=C(\C)N(C)C)c4[nH]3)ccc21. The molecule has 0 aliphatic carbocycles. The van der Waals surface area contributed by atoms with E-state index in [1.165, 1.54) is 10.6 Å². The Balaban J connectivity index is 1.88. The van der Waals surface area contributed by atoms with E-state index in [-0.39, 0.29) is 11.1 Å². The van der Waals surface area contributed by atoms with E-state index in [9.17, 15) is 9.59 Å². The Morgan fingerprint density at radius 1 is 1.27 bits per heavy atom. The third kappa shape index (κ3) is 3.18. The number of aryl methyl sites for hydroxylation is 2. The lowest BCUT2D eigenvalue weighted by molar-refractivity contribution is 0.100. The summed E-state index contributed by atoms with van der Waals surface area (Å²) in [6.45, 7) is 6.25.